The molecule has 1 N–H and O–H groups in total. The van der Waals surface area contributed by atoms with Crippen molar-refractivity contribution in [1.29, 1.82) is 0 Å². The lowest BCUT2D eigenvalue weighted by atomic mass is 9.94. The number of methoxy groups -OCH3 is 1. The fourth-order valence-corrected chi connectivity index (χ4v) is 4.95. The molecule has 9 heteroatoms. The highest BCUT2D eigenvalue weighted by atomic mass is 32.1. The summed E-state index contributed by atoms with van der Waals surface area (Å²) < 4.78 is 10.9. The zero-order valence-electron chi connectivity index (χ0n) is 19.8. The van der Waals surface area contributed by atoms with Crippen molar-refractivity contribution in [2.24, 2.45) is 0 Å². The maximum atomic E-state index is 13.0. The largest absolute Gasteiger partial charge is 0.497 e. The Kier molecular flexibility index (Phi) is 8.67. The molecule has 35 heavy (non-hydrogen) atoms. The highest BCUT2D eigenvalue weighted by Crippen LogP contribution is 2.29. The Labute approximate surface area is 209 Å². The molecule has 0 unspecified atom stereocenters. The summed E-state index contributed by atoms with van der Waals surface area (Å²) in [5.74, 6) is 1.10. The maximum Gasteiger partial charge on any atom is 0.260 e. The van der Waals surface area contributed by atoms with E-state index in [1.165, 1.54) is 17.8 Å². The number of aromatic nitrogens is 2. The number of hydrogen-bond donors (Lipinski definition) is 1. The van der Waals surface area contributed by atoms with Crippen LogP contribution in [0.15, 0.2) is 54.6 Å². The van der Waals surface area contributed by atoms with E-state index in [9.17, 15) is 9.59 Å². The Bertz CT molecular complexity index is 1120. The molecule has 0 spiro atoms. The Hall–Kier alpha value is -3.46. The number of para-hydroxylation sites is 1. The lowest BCUT2D eigenvalue weighted by Crippen LogP contribution is -2.45. The summed E-state index contributed by atoms with van der Waals surface area (Å²) in [6, 6.07) is 17.0. The Morgan fingerprint density at radius 2 is 1.80 bits per heavy atom. The fraction of sp³-hybridized carbons (Fsp3) is 0.385. The molecule has 4 rings (SSSR count). The number of amides is 2. The van der Waals surface area contributed by atoms with Crippen LogP contribution in [-0.2, 0) is 9.59 Å². The van der Waals surface area contributed by atoms with Crippen molar-refractivity contribution in [1.82, 2.24) is 15.1 Å². The molecule has 0 atom stereocenters. The van der Waals surface area contributed by atoms with Gasteiger partial charge in [-0.05, 0) is 37.1 Å². The highest BCUT2D eigenvalue weighted by Gasteiger charge is 2.26. The third kappa shape index (κ3) is 7.02. The first-order chi connectivity index (χ1) is 17.1. The summed E-state index contributed by atoms with van der Waals surface area (Å²) in [6.07, 6.45) is 5.47. The van der Waals surface area contributed by atoms with Crippen LogP contribution in [0.4, 0.5) is 5.13 Å². The van der Waals surface area contributed by atoms with Crippen LogP contribution in [-0.4, -0.2) is 53.2 Å². The molecule has 1 heterocycles. The molecule has 2 amide bonds. The van der Waals surface area contributed by atoms with E-state index in [4.69, 9.17) is 9.47 Å². The van der Waals surface area contributed by atoms with Crippen LogP contribution in [0, 0.1) is 0 Å². The van der Waals surface area contributed by atoms with E-state index < -0.39 is 0 Å². The molecule has 0 aliphatic heterocycles. The molecule has 1 aliphatic rings. The van der Waals surface area contributed by atoms with E-state index in [0.717, 1.165) is 37.0 Å². The predicted molar refractivity (Wildman–Crippen MR) is 136 cm³/mol. The minimum Gasteiger partial charge on any atom is -0.497 e. The van der Waals surface area contributed by atoms with Gasteiger partial charge in [0.15, 0.2) is 6.61 Å². The lowest BCUT2D eigenvalue weighted by molar-refractivity contribution is -0.136. The van der Waals surface area contributed by atoms with Crippen molar-refractivity contribution in [3.8, 4) is 22.1 Å². The molecule has 8 nitrogen and oxygen atoms in total. The van der Waals surface area contributed by atoms with E-state index in [1.807, 2.05) is 59.5 Å². The first-order valence-corrected chi connectivity index (χ1v) is 12.7. The van der Waals surface area contributed by atoms with Gasteiger partial charge in [-0.25, -0.2) is 0 Å². The topological polar surface area (TPSA) is 93.7 Å². The summed E-state index contributed by atoms with van der Waals surface area (Å²) in [7, 11) is 1.61. The lowest BCUT2D eigenvalue weighted by Gasteiger charge is -2.34. The van der Waals surface area contributed by atoms with Crippen LogP contribution in [0.2, 0.25) is 0 Å². The summed E-state index contributed by atoms with van der Waals surface area (Å²) in [5.41, 5.74) is 0.870. The van der Waals surface area contributed by atoms with E-state index >= 15 is 0 Å². The summed E-state index contributed by atoms with van der Waals surface area (Å²) in [6.45, 7) is 0.303. The van der Waals surface area contributed by atoms with Gasteiger partial charge in [0.2, 0.25) is 11.0 Å². The van der Waals surface area contributed by atoms with Gasteiger partial charge in [0, 0.05) is 24.6 Å². The molecule has 1 aromatic heterocycles. The SMILES string of the molecule is COc1cccc(-c2nnc(NC(=O)CCN(C(=O)COc3ccccc3)C3CCCCC3)s2)c1. The van der Waals surface area contributed by atoms with Crippen LogP contribution in [0.1, 0.15) is 38.5 Å². The molecule has 0 radical (unpaired) electrons. The van der Waals surface area contributed by atoms with Crippen molar-refractivity contribution in [3.05, 3.63) is 54.6 Å². The number of ether oxygens (including phenoxy) is 2. The highest BCUT2D eigenvalue weighted by molar-refractivity contribution is 7.18. The van der Waals surface area contributed by atoms with Gasteiger partial charge in [-0.15, -0.1) is 10.2 Å². The number of carbonyl (C=O) groups is 2. The zero-order chi connectivity index (χ0) is 24.5. The second-order valence-corrected chi connectivity index (χ2v) is 9.40. The monoisotopic (exact) mass is 494 g/mol. The second kappa shape index (κ2) is 12.3. The van der Waals surface area contributed by atoms with Gasteiger partial charge in [0.05, 0.1) is 7.11 Å². The minimum absolute atomic E-state index is 0.0393. The van der Waals surface area contributed by atoms with Gasteiger partial charge in [0.25, 0.3) is 5.91 Å². The average Bonchev–Trinajstić information content (AvgIpc) is 3.37. The third-order valence-electron chi connectivity index (χ3n) is 6.01. The van der Waals surface area contributed by atoms with Crippen molar-refractivity contribution in [2.45, 2.75) is 44.6 Å². The molecule has 1 saturated carbocycles. The van der Waals surface area contributed by atoms with E-state index in [0.29, 0.717) is 22.4 Å². The normalized spacial score (nSPS) is 13.7. The van der Waals surface area contributed by atoms with Crippen LogP contribution < -0.4 is 14.8 Å². The van der Waals surface area contributed by atoms with Crippen molar-refractivity contribution < 1.29 is 19.1 Å². The summed E-state index contributed by atoms with van der Waals surface area (Å²) >= 11 is 1.30. The number of nitrogens with zero attached hydrogens (tertiary/aromatic N) is 3. The minimum atomic E-state index is -0.198. The van der Waals surface area contributed by atoms with Gasteiger partial charge in [-0.2, -0.15) is 0 Å². The van der Waals surface area contributed by atoms with Gasteiger partial charge in [-0.1, -0.05) is 60.9 Å². The van der Waals surface area contributed by atoms with E-state index in [-0.39, 0.29) is 30.9 Å². The van der Waals surface area contributed by atoms with E-state index in [1.54, 1.807) is 7.11 Å². The molecular weight excluding hydrogens is 464 g/mol. The molecule has 184 valence electrons. The van der Waals surface area contributed by atoms with Crippen molar-refractivity contribution >= 4 is 28.3 Å². The first-order valence-electron chi connectivity index (χ1n) is 11.9. The number of nitrogens with one attached hydrogen (secondary N) is 1. The van der Waals surface area contributed by atoms with Gasteiger partial charge in [0.1, 0.15) is 16.5 Å². The van der Waals surface area contributed by atoms with Gasteiger partial charge >= 0.3 is 0 Å². The number of anilines is 1. The van der Waals surface area contributed by atoms with E-state index in [2.05, 4.69) is 15.5 Å². The van der Waals surface area contributed by atoms with Crippen LogP contribution in [0.3, 0.4) is 0 Å². The first kappa shape index (κ1) is 24.7. The molecule has 0 saturated heterocycles. The quantitative estimate of drug-likeness (QED) is 0.436. The number of hydrogen-bond acceptors (Lipinski definition) is 7. The second-order valence-electron chi connectivity index (χ2n) is 8.42. The molecule has 0 bridgehead atoms. The molecule has 1 fully saturated rings. The standard InChI is InChI=1S/C26H30N4O4S/c1-33-22-14-8-9-19(17-22)25-28-29-26(35-25)27-23(31)15-16-30(20-10-4-2-5-11-20)24(32)18-34-21-12-6-3-7-13-21/h3,6-9,12-14,17,20H,2,4-5,10-11,15-16,18H2,1H3,(H,27,29,31). The van der Waals surface area contributed by atoms with Crippen LogP contribution >= 0.6 is 11.3 Å². The smallest absolute Gasteiger partial charge is 0.260 e. The Morgan fingerprint density at radius 3 is 2.57 bits per heavy atom. The Balaban J connectivity index is 1.34. The van der Waals surface area contributed by atoms with Crippen LogP contribution in [0.25, 0.3) is 10.6 Å². The molecule has 2 aromatic carbocycles. The number of carbonyl (C=O) groups excluding carboxylic acids is 2. The molecule has 3 aromatic rings. The van der Waals surface area contributed by atoms with Gasteiger partial charge < -0.3 is 19.7 Å². The zero-order valence-corrected chi connectivity index (χ0v) is 20.6. The third-order valence-corrected chi connectivity index (χ3v) is 6.90. The summed E-state index contributed by atoms with van der Waals surface area (Å²) in [5, 5.41) is 12.2. The molecular formula is C26H30N4O4S. The Morgan fingerprint density at radius 1 is 1.03 bits per heavy atom. The fourth-order valence-electron chi connectivity index (χ4n) is 4.20. The maximum absolute atomic E-state index is 13.0. The molecule has 1 aliphatic carbocycles. The average molecular weight is 495 g/mol. The van der Waals surface area contributed by atoms with Gasteiger partial charge in [-0.3, -0.25) is 9.59 Å². The van der Waals surface area contributed by atoms with Crippen molar-refractivity contribution in [2.75, 3.05) is 25.6 Å². The number of rotatable bonds is 10. The summed E-state index contributed by atoms with van der Waals surface area (Å²) in [4.78, 5) is 27.5. The predicted octanol–water partition coefficient (Wildman–Crippen LogP) is 4.78. The van der Waals surface area contributed by atoms with Crippen LogP contribution in [0.5, 0.6) is 11.5 Å². The van der Waals surface area contributed by atoms with Crippen molar-refractivity contribution in [3.63, 3.8) is 0 Å². The number of benzene rings is 2.